The second-order valence-corrected chi connectivity index (χ2v) is 5.59. The molecule has 0 saturated heterocycles. The number of benzene rings is 1. The van der Waals surface area contributed by atoms with Crippen LogP contribution < -0.4 is 10.4 Å². The Morgan fingerprint density at radius 3 is 2.70 bits per heavy atom. The van der Waals surface area contributed by atoms with Gasteiger partial charge in [-0.15, -0.1) is 0 Å². The number of pyridine rings is 2. The van der Waals surface area contributed by atoms with Crippen LogP contribution in [0.4, 0.5) is 19.0 Å². The topological polar surface area (TPSA) is 81.9 Å². The lowest BCUT2D eigenvalue weighted by atomic mass is 10.1. The molecule has 136 valence electrons. The van der Waals surface area contributed by atoms with Gasteiger partial charge in [-0.25, -0.2) is 9.97 Å². The van der Waals surface area contributed by atoms with E-state index in [0.29, 0.717) is 10.9 Å². The predicted molar refractivity (Wildman–Crippen MR) is 91.6 cm³/mol. The van der Waals surface area contributed by atoms with E-state index in [1.165, 1.54) is 42.5 Å². The number of hydrogen-bond acceptors (Lipinski definition) is 5. The van der Waals surface area contributed by atoms with Gasteiger partial charge in [-0.2, -0.15) is 18.4 Å². The highest BCUT2D eigenvalue weighted by molar-refractivity contribution is 5.97. The van der Waals surface area contributed by atoms with Gasteiger partial charge in [0.25, 0.3) is 5.91 Å². The lowest BCUT2D eigenvalue weighted by Gasteiger charge is -2.21. The third-order valence-electron chi connectivity index (χ3n) is 3.73. The van der Waals surface area contributed by atoms with Crippen LogP contribution in [-0.2, 0) is 6.18 Å². The first-order chi connectivity index (χ1) is 12.8. The van der Waals surface area contributed by atoms with Gasteiger partial charge in [-0.3, -0.25) is 15.2 Å². The van der Waals surface area contributed by atoms with Crippen molar-refractivity contribution < 1.29 is 18.0 Å². The molecule has 3 rings (SSSR count). The zero-order valence-corrected chi connectivity index (χ0v) is 13.9. The van der Waals surface area contributed by atoms with Crippen molar-refractivity contribution in [3.05, 3.63) is 65.5 Å². The van der Waals surface area contributed by atoms with Crippen LogP contribution in [0.25, 0.3) is 10.9 Å². The van der Waals surface area contributed by atoms with Crippen molar-refractivity contribution in [3.63, 3.8) is 0 Å². The molecule has 2 aromatic heterocycles. The van der Waals surface area contributed by atoms with E-state index in [2.05, 4.69) is 15.4 Å². The summed E-state index contributed by atoms with van der Waals surface area (Å²) >= 11 is 0. The number of anilines is 1. The number of carbonyl (C=O) groups is 1. The number of nitrogens with zero attached hydrogens (tertiary/aromatic N) is 4. The lowest BCUT2D eigenvalue weighted by molar-refractivity contribution is -0.140. The normalized spacial score (nSPS) is 11.1. The Morgan fingerprint density at radius 2 is 2.00 bits per heavy atom. The zero-order valence-electron chi connectivity index (χ0n) is 13.9. The highest BCUT2D eigenvalue weighted by Crippen LogP contribution is 2.30. The second kappa shape index (κ2) is 6.92. The summed E-state index contributed by atoms with van der Waals surface area (Å²) in [6.07, 6.45) is -3.24. The molecule has 0 fully saturated rings. The van der Waals surface area contributed by atoms with Gasteiger partial charge in [-0.1, -0.05) is 6.07 Å². The Morgan fingerprint density at radius 1 is 1.22 bits per heavy atom. The van der Waals surface area contributed by atoms with Crippen molar-refractivity contribution in [2.45, 2.75) is 6.18 Å². The van der Waals surface area contributed by atoms with E-state index < -0.39 is 17.8 Å². The van der Waals surface area contributed by atoms with E-state index in [0.717, 1.165) is 6.07 Å². The van der Waals surface area contributed by atoms with E-state index in [1.807, 2.05) is 6.07 Å². The Balaban J connectivity index is 1.90. The molecule has 0 unspecified atom stereocenters. The molecular formula is C18H12F3N5O. The van der Waals surface area contributed by atoms with Gasteiger partial charge >= 0.3 is 6.18 Å². The Hall–Kier alpha value is -3.67. The van der Waals surface area contributed by atoms with Gasteiger partial charge in [0.15, 0.2) is 5.82 Å². The summed E-state index contributed by atoms with van der Waals surface area (Å²) in [6, 6.07) is 11.5. The number of fused-ring (bicyclic) bond motifs is 1. The second-order valence-electron chi connectivity index (χ2n) is 5.59. The molecule has 9 heteroatoms. The molecule has 3 aromatic rings. The highest BCUT2D eigenvalue weighted by atomic mass is 19.4. The number of nitrogens with one attached hydrogen (secondary N) is 1. The van der Waals surface area contributed by atoms with Crippen LogP contribution in [-0.4, -0.2) is 22.9 Å². The number of halogens is 3. The fraction of sp³-hybridized carbons (Fsp3) is 0.111. The molecule has 0 spiro atoms. The maximum Gasteiger partial charge on any atom is 0.433 e. The summed E-state index contributed by atoms with van der Waals surface area (Å²) in [4.78, 5) is 20.1. The fourth-order valence-electron chi connectivity index (χ4n) is 2.46. The monoisotopic (exact) mass is 371 g/mol. The SMILES string of the molecule is CN(NC(=O)c1cccc(C#N)c1)c1nccc2nc(C(F)(F)F)ccc12. The third-order valence-corrected chi connectivity index (χ3v) is 3.73. The van der Waals surface area contributed by atoms with Gasteiger partial charge in [0, 0.05) is 24.2 Å². The Labute approximate surface area is 151 Å². The third kappa shape index (κ3) is 3.79. The smallest absolute Gasteiger partial charge is 0.271 e. The first-order valence-electron chi connectivity index (χ1n) is 7.67. The number of nitriles is 1. The van der Waals surface area contributed by atoms with Crippen molar-refractivity contribution in [2.75, 3.05) is 12.1 Å². The van der Waals surface area contributed by atoms with Crippen LogP contribution in [0.3, 0.4) is 0 Å². The fourth-order valence-corrected chi connectivity index (χ4v) is 2.46. The number of alkyl halides is 3. The number of carbonyl (C=O) groups excluding carboxylic acids is 1. The van der Waals surface area contributed by atoms with E-state index in [1.54, 1.807) is 12.1 Å². The minimum absolute atomic E-state index is 0.0994. The van der Waals surface area contributed by atoms with Gasteiger partial charge in [0.2, 0.25) is 0 Å². The molecule has 0 bridgehead atoms. The molecule has 1 amide bonds. The number of hydrogen-bond donors (Lipinski definition) is 1. The molecule has 0 aliphatic heterocycles. The largest absolute Gasteiger partial charge is 0.433 e. The summed E-state index contributed by atoms with van der Waals surface area (Å²) in [7, 11) is 1.51. The molecule has 1 N–H and O–H groups in total. The van der Waals surface area contributed by atoms with Crippen LogP contribution in [0.2, 0.25) is 0 Å². The molecular weight excluding hydrogens is 359 g/mol. The molecule has 2 heterocycles. The number of amides is 1. The van der Waals surface area contributed by atoms with Crippen LogP contribution >= 0.6 is 0 Å². The molecule has 6 nitrogen and oxygen atoms in total. The maximum absolute atomic E-state index is 12.8. The van der Waals surface area contributed by atoms with Crippen molar-refractivity contribution >= 4 is 22.6 Å². The molecule has 0 aliphatic carbocycles. The average Bonchev–Trinajstić information content (AvgIpc) is 2.66. The summed E-state index contributed by atoms with van der Waals surface area (Å²) < 4.78 is 38.5. The van der Waals surface area contributed by atoms with Crippen LogP contribution in [0.1, 0.15) is 21.6 Å². The molecule has 0 radical (unpaired) electrons. The lowest BCUT2D eigenvalue weighted by Crippen LogP contribution is -2.40. The van der Waals surface area contributed by atoms with Crippen LogP contribution in [0.5, 0.6) is 0 Å². The first-order valence-corrected chi connectivity index (χ1v) is 7.67. The zero-order chi connectivity index (χ0) is 19.6. The molecule has 0 atom stereocenters. The summed E-state index contributed by atoms with van der Waals surface area (Å²) in [5.41, 5.74) is 2.26. The minimum Gasteiger partial charge on any atom is -0.271 e. The van der Waals surface area contributed by atoms with Crippen LogP contribution in [0, 0.1) is 11.3 Å². The van der Waals surface area contributed by atoms with Gasteiger partial charge in [0.05, 0.1) is 17.1 Å². The highest BCUT2D eigenvalue weighted by Gasteiger charge is 2.32. The van der Waals surface area contributed by atoms with Gasteiger partial charge in [-0.05, 0) is 36.4 Å². The number of aromatic nitrogens is 2. The van der Waals surface area contributed by atoms with E-state index in [-0.39, 0.29) is 16.9 Å². The van der Waals surface area contributed by atoms with Gasteiger partial charge in [0.1, 0.15) is 5.69 Å². The first kappa shape index (κ1) is 18.1. The Bertz CT molecular complexity index is 1060. The standard InChI is InChI=1S/C18H12F3N5O/c1-26(25-17(27)12-4-2-3-11(9-12)10-22)16-13-5-6-15(18(19,20)21)24-14(13)7-8-23-16/h2-9H,1H3,(H,25,27). The molecule has 0 saturated carbocycles. The summed E-state index contributed by atoms with van der Waals surface area (Å²) in [5, 5.41) is 10.5. The van der Waals surface area contributed by atoms with Crippen molar-refractivity contribution in [3.8, 4) is 6.07 Å². The summed E-state index contributed by atoms with van der Waals surface area (Å²) in [6.45, 7) is 0. The molecule has 0 aliphatic rings. The summed E-state index contributed by atoms with van der Waals surface area (Å²) in [5.74, 6) is -0.258. The van der Waals surface area contributed by atoms with Gasteiger partial charge < -0.3 is 0 Å². The van der Waals surface area contributed by atoms with E-state index in [9.17, 15) is 18.0 Å². The van der Waals surface area contributed by atoms with Crippen molar-refractivity contribution in [1.82, 2.24) is 15.4 Å². The van der Waals surface area contributed by atoms with E-state index in [4.69, 9.17) is 5.26 Å². The minimum atomic E-state index is -4.55. The van der Waals surface area contributed by atoms with Crippen molar-refractivity contribution in [2.24, 2.45) is 0 Å². The molecule has 1 aromatic carbocycles. The average molecular weight is 371 g/mol. The molecule has 27 heavy (non-hydrogen) atoms. The number of hydrazine groups is 1. The van der Waals surface area contributed by atoms with Crippen molar-refractivity contribution in [1.29, 1.82) is 5.26 Å². The predicted octanol–water partition coefficient (Wildman–Crippen LogP) is 3.30. The van der Waals surface area contributed by atoms with E-state index >= 15 is 0 Å². The quantitative estimate of drug-likeness (QED) is 0.715. The maximum atomic E-state index is 12.8. The Kier molecular flexibility index (Phi) is 4.64. The van der Waals surface area contributed by atoms with Crippen LogP contribution in [0.15, 0.2) is 48.7 Å². The number of rotatable bonds is 3.